The van der Waals surface area contributed by atoms with Gasteiger partial charge in [0.05, 0.1) is 70.3 Å². The molecule has 0 atom stereocenters. The van der Waals surface area contributed by atoms with Crippen LogP contribution in [0.1, 0.15) is 82.9 Å². The standard InChI is InChI=1S/C39H45N3O15/c1-39(2,3)57-38(49)42-10-13-56-29-17-23(32(43)40-8-11-54-30-19-25(34(45)50-4)15-26(20-30)35(46)51-5)14-24(18-29)33(44)41-9-12-55-31-21-27(36(47)52-6)16-28(22-31)37(48)53-7/h14-22H,8-13H2,1-7H3,(H,40,43)(H,41,44)(H,42,49). The third-order valence-corrected chi connectivity index (χ3v) is 7.28. The van der Waals surface area contributed by atoms with Crippen molar-refractivity contribution >= 4 is 41.8 Å². The molecule has 0 spiro atoms. The van der Waals surface area contributed by atoms with Gasteiger partial charge in [0.2, 0.25) is 0 Å². The van der Waals surface area contributed by atoms with Crippen molar-refractivity contribution in [3.63, 3.8) is 0 Å². The summed E-state index contributed by atoms with van der Waals surface area (Å²) in [6.07, 6.45) is -0.652. The van der Waals surface area contributed by atoms with Gasteiger partial charge in [0.25, 0.3) is 11.8 Å². The Balaban J connectivity index is 1.71. The molecule has 3 rings (SSSR count). The lowest BCUT2D eigenvalue weighted by Gasteiger charge is -2.19. The minimum Gasteiger partial charge on any atom is -0.492 e. The van der Waals surface area contributed by atoms with E-state index in [1.165, 1.54) is 83.0 Å². The quantitative estimate of drug-likeness (QED) is 0.0953. The van der Waals surface area contributed by atoms with E-state index in [0.29, 0.717) is 0 Å². The van der Waals surface area contributed by atoms with Crippen LogP contribution in [-0.2, 0) is 23.7 Å². The molecule has 3 aromatic carbocycles. The van der Waals surface area contributed by atoms with E-state index in [1.807, 2.05) is 0 Å². The third-order valence-electron chi connectivity index (χ3n) is 7.28. The Bertz CT molecular complexity index is 1770. The molecule has 0 aliphatic carbocycles. The van der Waals surface area contributed by atoms with Gasteiger partial charge in [0.1, 0.15) is 42.7 Å². The van der Waals surface area contributed by atoms with Crippen LogP contribution in [0.3, 0.4) is 0 Å². The molecule has 0 unspecified atom stereocenters. The molecule has 0 saturated carbocycles. The van der Waals surface area contributed by atoms with Crippen LogP contribution in [0.15, 0.2) is 54.6 Å². The van der Waals surface area contributed by atoms with Crippen molar-refractivity contribution in [1.82, 2.24) is 16.0 Å². The number of amides is 3. The largest absolute Gasteiger partial charge is 0.492 e. The first-order valence-corrected chi connectivity index (χ1v) is 17.3. The van der Waals surface area contributed by atoms with Crippen molar-refractivity contribution in [3.8, 4) is 17.2 Å². The second-order valence-corrected chi connectivity index (χ2v) is 12.7. The summed E-state index contributed by atoms with van der Waals surface area (Å²) in [4.78, 5) is 87.0. The number of carbonyl (C=O) groups excluding carboxylic acids is 7. The Morgan fingerprint density at radius 2 is 0.719 bits per heavy atom. The molecular weight excluding hydrogens is 750 g/mol. The van der Waals surface area contributed by atoms with Crippen LogP contribution in [0.2, 0.25) is 0 Å². The zero-order valence-electron chi connectivity index (χ0n) is 32.6. The van der Waals surface area contributed by atoms with Gasteiger partial charge in [0, 0.05) is 11.1 Å². The molecule has 0 aromatic heterocycles. The smallest absolute Gasteiger partial charge is 0.407 e. The van der Waals surface area contributed by atoms with E-state index < -0.39 is 47.4 Å². The topological polar surface area (TPSA) is 229 Å². The molecule has 0 saturated heterocycles. The first-order chi connectivity index (χ1) is 27.1. The minimum absolute atomic E-state index is 0.0343. The molecular formula is C39H45N3O15. The monoisotopic (exact) mass is 795 g/mol. The number of esters is 4. The Morgan fingerprint density at radius 1 is 0.439 bits per heavy atom. The SMILES string of the molecule is COC(=O)c1cc(OCCNC(=O)c2cc(OCCNC(=O)OC(C)(C)C)cc(C(=O)NCCOc3cc(C(=O)OC)cc(C(=O)OC)c3)c2)cc(C(=O)OC)c1. The van der Waals surface area contributed by atoms with E-state index in [1.54, 1.807) is 20.8 Å². The van der Waals surface area contributed by atoms with E-state index >= 15 is 0 Å². The maximum Gasteiger partial charge on any atom is 0.407 e. The summed E-state index contributed by atoms with van der Waals surface area (Å²) in [7, 11) is 4.75. The van der Waals surface area contributed by atoms with Crippen molar-refractivity contribution in [3.05, 3.63) is 88.0 Å². The fraction of sp³-hybridized carbons (Fsp3) is 0.359. The average Bonchev–Trinajstić information content (AvgIpc) is 3.20. The van der Waals surface area contributed by atoms with Gasteiger partial charge in [-0.3, -0.25) is 9.59 Å². The Kier molecular flexibility index (Phi) is 16.6. The lowest BCUT2D eigenvalue weighted by molar-refractivity contribution is 0.0516. The Hall–Kier alpha value is -6.85. The summed E-state index contributed by atoms with van der Waals surface area (Å²) in [6.45, 7) is 4.93. The molecule has 18 nitrogen and oxygen atoms in total. The van der Waals surface area contributed by atoms with Gasteiger partial charge in [-0.2, -0.15) is 0 Å². The molecule has 0 fully saturated rings. The highest BCUT2D eigenvalue weighted by molar-refractivity contribution is 6.00. The molecule has 0 aliphatic rings. The molecule has 306 valence electrons. The summed E-state index contributed by atoms with van der Waals surface area (Å²) >= 11 is 0. The highest BCUT2D eigenvalue weighted by atomic mass is 16.6. The van der Waals surface area contributed by atoms with Crippen LogP contribution in [0, 0.1) is 0 Å². The number of hydrogen-bond acceptors (Lipinski definition) is 15. The molecule has 0 aliphatic heterocycles. The van der Waals surface area contributed by atoms with Gasteiger partial charge in [-0.05, 0) is 75.4 Å². The summed E-state index contributed by atoms with van der Waals surface area (Å²) < 4.78 is 41.3. The number of methoxy groups -OCH3 is 4. The number of carbonyl (C=O) groups is 7. The number of ether oxygens (including phenoxy) is 8. The van der Waals surface area contributed by atoms with Gasteiger partial charge in [-0.25, -0.2) is 24.0 Å². The van der Waals surface area contributed by atoms with E-state index in [-0.39, 0.29) is 90.1 Å². The number of alkyl carbamates (subject to hydrolysis) is 1. The highest BCUT2D eigenvalue weighted by Gasteiger charge is 2.19. The molecule has 3 amide bonds. The zero-order valence-corrected chi connectivity index (χ0v) is 32.6. The second-order valence-electron chi connectivity index (χ2n) is 12.7. The number of hydrogen-bond donors (Lipinski definition) is 3. The van der Waals surface area contributed by atoms with Crippen molar-refractivity contribution in [2.45, 2.75) is 26.4 Å². The van der Waals surface area contributed by atoms with E-state index in [4.69, 9.17) is 37.9 Å². The van der Waals surface area contributed by atoms with E-state index in [2.05, 4.69) is 16.0 Å². The first kappa shape index (κ1) is 44.5. The van der Waals surface area contributed by atoms with Crippen molar-refractivity contribution in [2.24, 2.45) is 0 Å². The van der Waals surface area contributed by atoms with Crippen molar-refractivity contribution < 1.29 is 71.5 Å². The summed E-state index contributed by atoms with van der Waals surface area (Å²) in [5.41, 5.74) is -0.408. The molecule has 3 N–H and O–H groups in total. The summed E-state index contributed by atoms with van der Waals surface area (Å²) in [5, 5.41) is 7.90. The van der Waals surface area contributed by atoms with Gasteiger partial charge in [-0.15, -0.1) is 0 Å². The third kappa shape index (κ3) is 14.4. The molecule has 57 heavy (non-hydrogen) atoms. The van der Waals surface area contributed by atoms with Crippen LogP contribution in [0.4, 0.5) is 4.79 Å². The molecule has 0 heterocycles. The fourth-order valence-corrected chi connectivity index (χ4v) is 4.76. The molecule has 0 radical (unpaired) electrons. The Morgan fingerprint density at radius 3 is 1.02 bits per heavy atom. The maximum atomic E-state index is 13.3. The predicted molar refractivity (Wildman–Crippen MR) is 200 cm³/mol. The minimum atomic E-state index is -0.705. The van der Waals surface area contributed by atoms with Gasteiger partial charge >= 0.3 is 30.0 Å². The lowest BCUT2D eigenvalue weighted by atomic mass is 10.1. The highest BCUT2D eigenvalue weighted by Crippen LogP contribution is 2.21. The fourth-order valence-electron chi connectivity index (χ4n) is 4.76. The molecule has 0 bridgehead atoms. The van der Waals surface area contributed by atoms with Gasteiger partial charge < -0.3 is 53.8 Å². The van der Waals surface area contributed by atoms with Crippen LogP contribution >= 0.6 is 0 Å². The van der Waals surface area contributed by atoms with Crippen LogP contribution < -0.4 is 30.2 Å². The zero-order chi connectivity index (χ0) is 42.1. The first-order valence-electron chi connectivity index (χ1n) is 17.3. The summed E-state index contributed by atoms with van der Waals surface area (Å²) in [6, 6.07) is 12.2. The number of nitrogens with one attached hydrogen (secondary N) is 3. The Labute approximate surface area is 328 Å². The van der Waals surface area contributed by atoms with Crippen LogP contribution in [-0.4, -0.2) is 115 Å². The normalized spacial score (nSPS) is 10.6. The molecule has 18 heteroatoms. The van der Waals surface area contributed by atoms with Crippen LogP contribution in [0.5, 0.6) is 17.2 Å². The second kappa shape index (κ2) is 21.3. The average molecular weight is 796 g/mol. The van der Waals surface area contributed by atoms with Crippen LogP contribution in [0.25, 0.3) is 0 Å². The number of benzene rings is 3. The van der Waals surface area contributed by atoms with Crippen molar-refractivity contribution in [1.29, 1.82) is 0 Å². The van der Waals surface area contributed by atoms with Gasteiger partial charge in [-0.1, -0.05) is 0 Å². The molecule has 3 aromatic rings. The van der Waals surface area contributed by atoms with Crippen molar-refractivity contribution in [2.75, 3.05) is 67.9 Å². The lowest BCUT2D eigenvalue weighted by Crippen LogP contribution is -2.34. The summed E-state index contributed by atoms with van der Waals surface area (Å²) in [5.74, 6) is -3.57. The van der Waals surface area contributed by atoms with E-state index in [9.17, 15) is 33.6 Å². The van der Waals surface area contributed by atoms with E-state index in [0.717, 1.165) is 0 Å². The number of rotatable bonds is 18. The maximum absolute atomic E-state index is 13.3. The van der Waals surface area contributed by atoms with Gasteiger partial charge in [0.15, 0.2) is 0 Å². The predicted octanol–water partition coefficient (Wildman–Crippen LogP) is 3.35.